The molecule has 0 unspecified atom stereocenters. The van der Waals surface area contributed by atoms with Crippen molar-refractivity contribution in [2.24, 2.45) is 0 Å². The highest BCUT2D eigenvalue weighted by Crippen LogP contribution is 2.22. The third-order valence-corrected chi connectivity index (χ3v) is 3.12. The maximum absolute atomic E-state index is 12.1. The van der Waals surface area contributed by atoms with Crippen molar-refractivity contribution < 1.29 is 9.53 Å². The molecule has 1 N–H and O–H groups in total. The SMILES string of the molecule is COC(=O)c1c[nH]c2c(Br)cc(C)cc2c1=O. The fourth-order valence-corrected chi connectivity index (χ4v) is 2.37. The molecule has 5 heteroatoms. The first-order chi connectivity index (χ1) is 8.04. The van der Waals surface area contributed by atoms with Crippen molar-refractivity contribution >= 4 is 32.8 Å². The molecule has 1 aromatic heterocycles. The highest BCUT2D eigenvalue weighted by atomic mass is 79.9. The predicted octanol–water partition coefficient (Wildman–Crippen LogP) is 2.39. The summed E-state index contributed by atoms with van der Waals surface area (Å²) in [6, 6.07) is 3.64. The number of rotatable bonds is 1. The van der Waals surface area contributed by atoms with Gasteiger partial charge in [0.2, 0.25) is 5.43 Å². The summed E-state index contributed by atoms with van der Waals surface area (Å²) in [7, 11) is 1.25. The molecule has 2 rings (SSSR count). The van der Waals surface area contributed by atoms with Crippen LogP contribution in [0.4, 0.5) is 0 Å². The molecule has 1 aromatic carbocycles. The van der Waals surface area contributed by atoms with E-state index in [1.807, 2.05) is 13.0 Å². The molecular formula is C12H10BrNO3. The van der Waals surface area contributed by atoms with Crippen LogP contribution < -0.4 is 5.43 Å². The second kappa shape index (κ2) is 4.33. The van der Waals surface area contributed by atoms with Crippen LogP contribution in [0, 0.1) is 6.92 Å². The van der Waals surface area contributed by atoms with Gasteiger partial charge in [0.1, 0.15) is 5.56 Å². The van der Waals surface area contributed by atoms with Crippen molar-refractivity contribution in [3.05, 3.63) is 44.2 Å². The molecule has 0 spiro atoms. The number of carbonyl (C=O) groups is 1. The molecule has 0 atom stereocenters. The van der Waals surface area contributed by atoms with Crippen LogP contribution in [-0.4, -0.2) is 18.1 Å². The smallest absolute Gasteiger partial charge is 0.343 e. The number of ether oxygens (including phenoxy) is 1. The summed E-state index contributed by atoms with van der Waals surface area (Å²) in [6.07, 6.45) is 1.37. The van der Waals surface area contributed by atoms with E-state index in [9.17, 15) is 9.59 Å². The van der Waals surface area contributed by atoms with Gasteiger partial charge in [-0.05, 0) is 40.5 Å². The van der Waals surface area contributed by atoms with Gasteiger partial charge in [-0.3, -0.25) is 4.79 Å². The lowest BCUT2D eigenvalue weighted by atomic mass is 10.1. The average Bonchev–Trinajstić information content (AvgIpc) is 2.29. The number of hydrogen-bond donors (Lipinski definition) is 1. The van der Waals surface area contributed by atoms with Crippen molar-refractivity contribution in [3.8, 4) is 0 Å². The summed E-state index contributed by atoms with van der Waals surface area (Å²) >= 11 is 3.37. The van der Waals surface area contributed by atoms with Crippen LogP contribution in [0.1, 0.15) is 15.9 Å². The number of halogens is 1. The van der Waals surface area contributed by atoms with E-state index in [1.54, 1.807) is 6.07 Å². The molecule has 0 bridgehead atoms. The molecule has 0 aliphatic rings. The van der Waals surface area contributed by atoms with E-state index in [1.165, 1.54) is 13.3 Å². The van der Waals surface area contributed by atoms with Gasteiger partial charge in [0.25, 0.3) is 0 Å². The molecule has 0 radical (unpaired) electrons. The summed E-state index contributed by atoms with van der Waals surface area (Å²) in [6.45, 7) is 1.88. The number of aromatic nitrogens is 1. The van der Waals surface area contributed by atoms with Crippen LogP contribution in [0.2, 0.25) is 0 Å². The summed E-state index contributed by atoms with van der Waals surface area (Å²) < 4.78 is 5.35. The van der Waals surface area contributed by atoms with E-state index in [0.717, 1.165) is 10.0 Å². The second-order valence-electron chi connectivity index (χ2n) is 3.69. The molecule has 0 saturated carbocycles. The minimum absolute atomic E-state index is 0.0116. The van der Waals surface area contributed by atoms with Crippen LogP contribution in [0.25, 0.3) is 10.9 Å². The standard InChI is InChI=1S/C12H10BrNO3/c1-6-3-7-10(9(13)4-6)14-5-8(11(7)15)12(16)17-2/h3-5H,1-2H3,(H,14,15). The number of pyridine rings is 1. The lowest BCUT2D eigenvalue weighted by molar-refractivity contribution is 0.0599. The lowest BCUT2D eigenvalue weighted by Crippen LogP contribution is -2.17. The van der Waals surface area contributed by atoms with Gasteiger partial charge in [-0.15, -0.1) is 0 Å². The molecule has 0 fully saturated rings. The van der Waals surface area contributed by atoms with Crippen LogP contribution in [0.3, 0.4) is 0 Å². The molecular weight excluding hydrogens is 286 g/mol. The minimum atomic E-state index is -0.634. The van der Waals surface area contributed by atoms with E-state index in [2.05, 4.69) is 25.7 Å². The van der Waals surface area contributed by atoms with E-state index in [4.69, 9.17) is 0 Å². The van der Waals surface area contributed by atoms with Gasteiger partial charge in [-0.25, -0.2) is 4.79 Å². The third-order valence-electron chi connectivity index (χ3n) is 2.49. The van der Waals surface area contributed by atoms with E-state index >= 15 is 0 Å². The lowest BCUT2D eigenvalue weighted by Gasteiger charge is -2.04. The quantitative estimate of drug-likeness (QED) is 0.822. The number of esters is 1. The number of hydrogen-bond acceptors (Lipinski definition) is 3. The number of H-pyrrole nitrogens is 1. The Bertz CT molecular complexity index is 661. The zero-order valence-electron chi connectivity index (χ0n) is 9.33. The van der Waals surface area contributed by atoms with Gasteiger partial charge < -0.3 is 9.72 Å². The Morgan fingerprint density at radius 3 is 2.76 bits per heavy atom. The first-order valence-corrected chi connectivity index (χ1v) is 5.73. The molecule has 4 nitrogen and oxygen atoms in total. The monoisotopic (exact) mass is 295 g/mol. The maximum Gasteiger partial charge on any atom is 0.343 e. The second-order valence-corrected chi connectivity index (χ2v) is 4.55. The Balaban J connectivity index is 2.85. The topological polar surface area (TPSA) is 59.2 Å². The van der Waals surface area contributed by atoms with Gasteiger partial charge in [-0.2, -0.15) is 0 Å². The molecule has 1 heterocycles. The summed E-state index contributed by atoms with van der Waals surface area (Å²) in [5, 5.41) is 0.472. The Kier molecular flexibility index (Phi) is 3.02. The number of benzene rings is 1. The van der Waals surface area contributed by atoms with E-state index in [-0.39, 0.29) is 11.0 Å². The van der Waals surface area contributed by atoms with Crippen molar-refractivity contribution in [1.82, 2.24) is 4.98 Å². The molecule has 88 valence electrons. The Labute approximate surface area is 106 Å². The molecule has 0 amide bonds. The van der Waals surface area contributed by atoms with Crippen LogP contribution in [0.5, 0.6) is 0 Å². The number of nitrogens with one attached hydrogen (secondary N) is 1. The Morgan fingerprint density at radius 2 is 2.12 bits per heavy atom. The highest BCUT2D eigenvalue weighted by molar-refractivity contribution is 9.10. The molecule has 0 saturated heterocycles. The minimum Gasteiger partial charge on any atom is -0.465 e. The van der Waals surface area contributed by atoms with Crippen LogP contribution >= 0.6 is 15.9 Å². The average molecular weight is 296 g/mol. The molecule has 0 aliphatic heterocycles. The summed E-state index contributed by atoms with van der Waals surface area (Å²) in [4.78, 5) is 26.4. The van der Waals surface area contributed by atoms with Crippen LogP contribution in [0.15, 0.2) is 27.6 Å². The third kappa shape index (κ3) is 1.98. The molecule has 2 aromatic rings. The summed E-state index contributed by atoms with van der Waals surface area (Å²) in [5.41, 5.74) is 1.30. The zero-order chi connectivity index (χ0) is 12.6. The number of carbonyl (C=O) groups excluding carboxylic acids is 1. The first kappa shape index (κ1) is 11.9. The maximum atomic E-state index is 12.1. The van der Waals surface area contributed by atoms with Crippen LogP contribution in [-0.2, 0) is 4.74 Å². The fraction of sp³-hybridized carbons (Fsp3) is 0.167. The van der Waals surface area contributed by atoms with Gasteiger partial charge in [0.05, 0.1) is 12.6 Å². The van der Waals surface area contributed by atoms with Crippen molar-refractivity contribution in [3.63, 3.8) is 0 Å². The van der Waals surface area contributed by atoms with E-state index < -0.39 is 5.97 Å². The normalized spacial score (nSPS) is 10.5. The van der Waals surface area contributed by atoms with Crippen molar-refractivity contribution in [2.45, 2.75) is 6.92 Å². The van der Waals surface area contributed by atoms with Crippen molar-refractivity contribution in [2.75, 3.05) is 7.11 Å². The molecule has 0 aliphatic carbocycles. The van der Waals surface area contributed by atoms with Gasteiger partial charge in [0.15, 0.2) is 0 Å². The number of aryl methyl sites for hydroxylation is 1. The van der Waals surface area contributed by atoms with E-state index in [0.29, 0.717) is 10.9 Å². The zero-order valence-corrected chi connectivity index (χ0v) is 10.9. The molecule has 17 heavy (non-hydrogen) atoms. The summed E-state index contributed by atoms with van der Waals surface area (Å²) in [5.74, 6) is -0.634. The van der Waals surface area contributed by atoms with Gasteiger partial charge in [0, 0.05) is 16.1 Å². The van der Waals surface area contributed by atoms with Gasteiger partial charge in [-0.1, -0.05) is 0 Å². The predicted molar refractivity (Wildman–Crippen MR) is 68.3 cm³/mol. The number of methoxy groups -OCH3 is 1. The number of fused-ring (bicyclic) bond motifs is 1. The number of aromatic amines is 1. The fourth-order valence-electron chi connectivity index (χ4n) is 1.68. The van der Waals surface area contributed by atoms with Gasteiger partial charge >= 0.3 is 5.97 Å². The first-order valence-electron chi connectivity index (χ1n) is 4.94. The Morgan fingerprint density at radius 1 is 1.41 bits per heavy atom. The largest absolute Gasteiger partial charge is 0.465 e. The van der Waals surface area contributed by atoms with Crippen molar-refractivity contribution in [1.29, 1.82) is 0 Å². The highest BCUT2D eigenvalue weighted by Gasteiger charge is 2.14. The Hall–Kier alpha value is -1.62.